The number of imidazole rings is 1. The van der Waals surface area contributed by atoms with Gasteiger partial charge in [0.25, 0.3) is 5.91 Å². The minimum Gasteiger partial charge on any atom is -0.382 e. The average Bonchev–Trinajstić information content (AvgIpc) is 3.05. The van der Waals surface area contributed by atoms with Gasteiger partial charge in [-0.05, 0) is 34.1 Å². The van der Waals surface area contributed by atoms with Gasteiger partial charge in [-0.1, -0.05) is 18.2 Å². The molecule has 0 aliphatic rings. The Hall–Kier alpha value is -3.47. The number of nitrogen functional groups attached to an aromatic ring is 1. The number of hydrogen-bond donors (Lipinski definition) is 2. The fourth-order valence-electron chi connectivity index (χ4n) is 3.00. The molecule has 4 rings (SSSR count). The highest BCUT2D eigenvalue weighted by atomic mass is 79.9. The smallest absolute Gasteiger partial charge is 0.382 e. The molecule has 11 heteroatoms. The van der Waals surface area contributed by atoms with Gasteiger partial charge in [0.2, 0.25) is 0 Å². The van der Waals surface area contributed by atoms with E-state index >= 15 is 0 Å². The first-order valence-corrected chi connectivity index (χ1v) is 9.27. The van der Waals surface area contributed by atoms with E-state index in [-0.39, 0.29) is 33.1 Å². The van der Waals surface area contributed by atoms with E-state index in [2.05, 4.69) is 36.2 Å². The summed E-state index contributed by atoms with van der Waals surface area (Å²) in [5.74, 6) is -0.935. The lowest BCUT2D eigenvalue weighted by molar-refractivity contribution is -0.137. The third kappa shape index (κ3) is 3.47. The summed E-state index contributed by atoms with van der Waals surface area (Å²) in [4.78, 5) is 24.7. The summed E-state index contributed by atoms with van der Waals surface area (Å²) in [7, 11) is 0. The standard InChI is InChI=1S/C19H12BrF3N6O/c20-18-27-13(14-15(24)25-8-9-29(14)18)12-11(19(21,22)23)6-7-26-16(12)28-17(30)10-4-2-1-3-5-10/h1-9H,(H2,24,25)(H,26,28,30). The second-order valence-electron chi connectivity index (χ2n) is 6.16. The van der Waals surface area contributed by atoms with Gasteiger partial charge in [0.15, 0.2) is 4.73 Å². The Morgan fingerprint density at radius 1 is 1.10 bits per heavy atom. The maximum atomic E-state index is 13.8. The number of nitrogens with one attached hydrogen (secondary N) is 1. The van der Waals surface area contributed by atoms with Gasteiger partial charge in [-0.25, -0.2) is 15.0 Å². The third-order valence-electron chi connectivity index (χ3n) is 4.30. The van der Waals surface area contributed by atoms with Crippen LogP contribution in [-0.2, 0) is 6.18 Å². The Labute approximate surface area is 175 Å². The normalized spacial score (nSPS) is 11.6. The van der Waals surface area contributed by atoms with E-state index in [1.807, 2.05) is 0 Å². The van der Waals surface area contributed by atoms with Crippen molar-refractivity contribution in [1.82, 2.24) is 19.4 Å². The Morgan fingerprint density at radius 3 is 2.53 bits per heavy atom. The molecule has 0 radical (unpaired) electrons. The van der Waals surface area contributed by atoms with Crippen LogP contribution in [0.2, 0.25) is 0 Å². The van der Waals surface area contributed by atoms with Crippen molar-refractivity contribution < 1.29 is 18.0 Å². The first-order valence-electron chi connectivity index (χ1n) is 8.48. The Bertz CT molecular complexity index is 1260. The van der Waals surface area contributed by atoms with Gasteiger partial charge in [-0.3, -0.25) is 9.20 Å². The lowest BCUT2D eigenvalue weighted by Gasteiger charge is -2.16. The molecule has 3 aromatic heterocycles. The Kier molecular flexibility index (Phi) is 4.90. The molecule has 0 saturated heterocycles. The van der Waals surface area contributed by atoms with Crippen molar-refractivity contribution in [3.05, 3.63) is 70.8 Å². The second kappa shape index (κ2) is 7.41. The monoisotopic (exact) mass is 476 g/mol. The summed E-state index contributed by atoms with van der Waals surface area (Å²) in [5.41, 5.74) is 4.81. The lowest BCUT2D eigenvalue weighted by Crippen LogP contribution is -2.16. The molecule has 3 heterocycles. The van der Waals surface area contributed by atoms with Crippen molar-refractivity contribution >= 4 is 39.0 Å². The van der Waals surface area contributed by atoms with E-state index in [1.165, 1.54) is 28.9 Å². The summed E-state index contributed by atoms with van der Waals surface area (Å²) in [6, 6.07) is 8.89. The molecule has 0 atom stereocenters. The number of nitrogens with zero attached hydrogens (tertiary/aromatic N) is 4. The number of nitrogens with two attached hydrogens (primary N) is 1. The highest BCUT2D eigenvalue weighted by Gasteiger charge is 2.37. The van der Waals surface area contributed by atoms with E-state index < -0.39 is 23.2 Å². The van der Waals surface area contributed by atoms with Gasteiger partial charge in [0, 0.05) is 24.2 Å². The van der Waals surface area contributed by atoms with Crippen molar-refractivity contribution in [2.45, 2.75) is 6.18 Å². The molecule has 152 valence electrons. The number of carbonyl (C=O) groups is 1. The van der Waals surface area contributed by atoms with Crippen LogP contribution in [0.25, 0.3) is 16.8 Å². The summed E-state index contributed by atoms with van der Waals surface area (Å²) in [5, 5.41) is 2.46. The highest BCUT2D eigenvalue weighted by Crippen LogP contribution is 2.42. The predicted octanol–water partition coefficient (Wildman–Crippen LogP) is 4.41. The quantitative estimate of drug-likeness (QED) is 0.456. The first kappa shape index (κ1) is 19.8. The molecule has 0 saturated carbocycles. The largest absolute Gasteiger partial charge is 0.417 e. The average molecular weight is 477 g/mol. The van der Waals surface area contributed by atoms with Gasteiger partial charge in [0.05, 0.1) is 11.1 Å². The third-order valence-corrected chi connectivity index (χ3v) is 4.86. The molecular formula is C19H12BrF3N6O. The van der Waals surface area contributed by atoms with Crippen LogP contribution in [0.1, 0.15) is 15.9 Å². The number of hydrogen-bond acceptors (Lipinski definition) is 5. The van der Waals surface area contributed by atoms with E-state index in [4.69, 9.17) is 5.73 Å². The SMILES string of the molecule is Nc1nccn2c(Br)nc(-c3c(C(F)(F)F)ccnc3NC(=O)c3ccccc3)c12. The number of halogens is 4. The number of benzene rings is 1. The van der Waals surface area contributed by atoms with E-state index in [0.29, 0.717) is 0 Å². The van der Waals surface area contributed by atoms with Gasteiger partial charge in [-0.2, -0.15) is 13.2 Å². The topological polar surface area (TPSA) is 98.2 Å². The van der Waals surface area contributed by atoms with Crippen LogP contribution >= 0.6 is 15.9 Å². The van der Waals surface area contributed by atoms with Crippen LogP contribution in [-0.4, -0.2) is 25.3 Å². The number of anilines is 2. The maximum absolute atomic E-state index is 13.8. The van der Waals surface area contributed by atoms with E-state index in [1.54, 1.807) is 18.2 Å². The van der Waals surface area contributed by atoms with E-state index in [9.17, 15) is 18.0 Å². The minimum absolute atomic E-state index is 0.0250. The van der Waals surface area contributed by atoms with Crippen LogP contribution in [0.15, 0.2) is 59.7 Å². The molecule has 7 nitrogen and oxygen atoms in total. The molecule has 1 aromatic carbocycles. The van der Waals surface area contributed by atoms with Crippen molar-refractivity contribution in [2.24, 2.45) is 0 Å². The number of rotatable bonds is 3. The molecular weight excluding hydrogens is 465 g/mol. The fourth-order valence-corrected chi connectivity index (χ4v) is 3.48. The van der Waals surface area contributed by atoms with Gasteiger partial charge in [-0.15, -0.1) is 0 Å². The lowest BCUT2D eigenvalue weighted by atomic mass is 10.0. The highest BCUT2D eigenvalue weighted by molar-refractivity contribution is 9.10. The van der Waals surface area contributed by atoms with Crippen LogP contribution in [0.4, 0.5) is 24.8 Å². The Balaban J connectivity index is 1.96. The second-order valence-corrected chi connectivity index (χ2v) is 6.87. The predicted molar refractivity (Wildman–Crippen MR) is 108 cm³/mol. The summed E-state index contributed by atoms with van der Waals surface area (Å²) in [6.45, 7) is 0. The van der Waals surface area contributed by atoms with Crippen LogP contribution in [0.5, 0.6) is 0 Å². The van der Waals surface area contributed by atoms with Crippen LogP contribution in [0.3, 0.4) is 0 Å². The molecule has 0 unspecified atom stereocenters. The van der Waals surface area contributed by atoms with Crippen molar-refractivity contribution in [2.75, 3.05) is 11.1 Å². The van der Waals surface area contributed by atoms with Crippen molar-refractivity contribution in [1.29, 1.82) is 0 Å². The molecule has 0 bridgehead atoms. The van der Waals surface area contributed by atoms with Crippen LogP contribution in [0, 0.1) is 0 Å². The molecule has 0 aliphatic heterocycles. The molecule has 0 fully saturated rings. The molecule has 30 heavy (non-hydrogen) atoms. The molecule has 3 N–H and O–H groups in total. The maximum Gasteiger partial charge on any atom is 0.417 e. The van der Waals surface area contributed by atoms with Gasteiger partial charge in [0.1, 0.15) is 22.8 Å². The first-order chi connectivity index (χ1) is 14.3. The molecule has 4 aromatic rings. The molecule has 1 amide bonds. The number of aromatic nitrogens is 4. The summed E-state index contributed by atoms with van der Waals surface area (Å²) < 4.78 is 43.2. The minimum atomic E-state index is -4.73. The summed E-state index contributed by atoms with van der Waals surface area (Å²) in [6.07, 6.45) is -0.867. The molecule has 0 spiro atoms. The molecule has 0 aliphatic carbocycles. The van der Waals surface area contributed by atoms with E-state index in [0.717, 1.165) is 12.3 Å². The van der Waals surface area contributed by atoms with Crippen molar-refractivity contribution in [3.63, 3.8) is 0 Å². The zero-order chi connectivity index (χ0) is 21.5. The number of fused-ring (bicyclic) bond motifs is 1. The number of amides is 1. The number of carbonyl (C=O) groups excluding carboxylic acids is 1. The fraction of sp³-hybridized carbons (Fsp3) is 0.0526. The number of pyridine rings is 1. The zero-order valence-electron chi connectivity index (χ0n) is 15.0. The van der Waals surface area contributed by atoms with Gasteiger partial charge < -0.3 is 11.1 Å². The van der Waals surface area contributed by atoms with Crippen LogP contribution < -0.4 is 11.1 Å². The summed E-state index contributed by atoms with van der Waals surface area (Å²) >= 11 is 3.22. The Morgan fingerprint density at radius 2 is 1.83 bits per heavy atom. The van der Waals surface area contributed by atoms with Crippen molar-refractivity contribution in [3.8, 4) is 11.3 Å². The zero-order valence-corrected chi connectivity index (χ0v) is 16.6. The number of alkyl halides is 3. The van der Waals surface area contributed by atoms with Gasteiger partial charge >= 0.3 is 6.18 Å².